The summed E-state index contributed by atoms with van der Waals surface area (Å²) in [4.78, 5) is 258. The first-order chi connectivity index (χ1) is 52.3. The SMILES string of the molecule is CC(=O)N[C@@H](Cc1c[nH]c2ccccc12)C(=O)N[C@@H](C)C(=O)NC(C)(C)C(=O)NC(C)(C)C(=O)N[C@@H](CC(C)C)C(=O)NC(C)(C)C(=O)N[C@@H](CCC(N)=O)C(=O)NC(C)(C)C(=O)N[C@@H](C)C(=O)NC(C)(C)C(=O)N[C@@H](CCC(N)=O)C(=O)N[C@@H](CC(C)C)C(=O)NC(C)(C)C(=O)N[C@@H](CCC(N)=O)C(=O)N[C@H](C=O)CC(C)C. The van der Waals surface area contributed by atoms with E-state index in [1.54, 1.807) is 33.9 Å². The molecule has 1 aromatic heterocycles. The molecule has 38 heteroatoms. The summed E-state index contributed by atoms with van der Waals surface area (Å²) in [5.41, 5.74) is 6.72. The minimum Gasteiger partial charge on any atom is -0.370 e. The van der Waals surface area contributed by atoms with Crippen molar-refractivity contribution in [3.63, 3.8) is 0 Å². The number of nitrogens with one attached hydrogen (secondary N) is 16. The van der Waals surface area contributed by atoms with Gasteiger partial charge in [0.15, 0.2) is 0 Å². The number of primary amides is 3. The van der Waals surface area contributed by atoms with Crippen LogP contribution in [0.2, 0.25) is 0 Å². The highest BCUT2D eigenvalue weighted by molar-refractivity contribution is 6.03. The minimum atomic E-state index is -1.92. The number of hydrogen-bond donors (Lipinski definition) is 19. The molecule has 0 spiro atoms. The van der Waals surface area contributed by atoms with E-state index in [0.717, 1.165) is 16.5 Å². The molecule has 18 amide bonds. The Kier molecular flexibility index (Phi) is 37.0. The Balaban J connectivity index is 2.23. The second-order valence-corrected chi connectivity index (χ2v) is 33.2. The highest BCUT2D eigenvalue weighted by atomic mass is 16.2. The number of benzene rings is 1. The number of aldehydes is 1. The first-order valence-electron chi connectivity index (χ1n) is 37.8. The molecule has 636 valence electrons. The predicted molar refractivity (Wildman–Crippen MR) is 419 cm³/mol. The number of para-hydroxylation sites is 1. The third-order valence-electron chi connectivity index (χ3n) is 18.1. The Labute approximate surface area is 664 Å². The summed E-state index contributed by atoms with van der Waals surface area (Å²) in [7, 11) is 0. The molecule has 1 aromatic carbocycles. The summed E-state index contributed by atoms with van der Waals surface area (Å²) in [5.74, 6) is -16.3. The predicted octanol–water partition coefficient (Wildman–Crippen LogP) is -2.36. The van der Waals surface area contributed by atoms with Gasteiger partial charge in [0.2, 0.25) is 106 Å². The van der Waals surface area contributed by atoms with E-state index in [0.29, 0.717) is 6.29 Å². The number of H-pyrrole nitrogens is 1. The normalized spacial score (nSPS) is 14.4. The van der Waals surface area contributed by atoms with E-state index < -0.39 is 220 Å². The lowest BCUT2D eigenvalue weighted by molar-refractivity contribution is -0.140. The lowest BCUT2D eigenvalue weighted by Gasteiger charge is -2.34. The Hall–Kier alpha value is -11.1. The van der Waals surface area contributed by atoms with Crippen LogP contribution in [0.3, 0.4) is 0 Å². The van der Waals surface area contributed by atoms with E-state index >= 15 is 0 Å². The average Bonchev–Trinajstić information content (AvgIpc) is 1.06. The highest BCUT2D eigenvalue weighted by Gasteiger charge is 2.44. The third kappa shape index (κ3) is 32.5. The largest absolute Gasteiger partial charge is 0.370 e. The van der Waals surface area contributed by atoms with Crippen molar-refractivity contribution in [1.82, 2.24) is 84.7 Å². The molecule has 0 unspecified atom stereocenters. The van der Waals surface area contributed by atoms with Crippen molar-refractivity contribution in [2.24, 2.45) is 35.0 Å². The van der Waals surface area contributed by atoms with Crippen LogP contribution in [0.25, 0.3) is 10.9 Å². The number of carbonyl (C=O) groups excluding carboxylic acids is 19. The molecular weight excluding hydrogens is 1480 g/mol. The van der Waals surface area contributed by atoms with Crippen LogP contribution in [-0.4, -0.2) is 205 Å². The molecular formula is C76H123N19O19. The molecule has 0 radical (unpaired) electrons. The number of aromatic amines is 1. The lowest BCUT2D eigenvalue weighted by Crippen LogP contribution is -2.66. The topological polar surface area (TPSA) is 599 Å². The van der Waals surface area contributed by atoms with Gasteiger partial charge in [-0.1, -0.05) is 59.7 Å². The summed E-state index contributed by atoms with van der Waals surface area (Å²) < 4.78 is 0. The number of hydrogen-bond acceptors (Lipinski definition) is 19. The summed E-state index contributed by atoms with van der Waals surface area (Å²) in [5, 5.41) is 38.9. The van der Waals surface area contributed by atoms with Crippen LogP contribution in [0.1, 0.15) is 209 Å². The Morgan fingerprint density at radius 1 is 0.360 bits per heavy atom. The van der Waals surface area contributed by atoms with E-state index in [1.165, 1.54) is 104 Å². The molecule has 114 heavy (non-hydrogen) atoms. The van der Waals surface area contributed by atoms with E-state index in [4.69, 9.17) is 17.2 Å². The second-order valence-electron chi connectivity index (χ2n) is 33.2. The molecule has 0 aliphatic heterocycles. The molecule has 0 saturated carbocycles. The van der Waals surface area contributed by atoms with Gasteiger partial charge in [-0.3, -0.25) is 86.3 Å². The maximum Gasteiger partial charge on any atom is 0.246 e. The molecule has 22 N–H and O–H groups in total. The zero-order chi connectivity index (χ0) is 87.7. The quantitative estimate of drug-likeness (QED) is 0.0308. The van der Waals surface area contributed by atoms with Crippen LogP contribution in [0, 0.1) is 17.8 Å². The van der Waals surface area contributed by atoms with Crippen molar-refractivity contribution in [3.8, 4) is 0 Å². The van der Waals surface area contributed by atoms with Crippen LogP contribution in [0.5, 0.6) is 0 Å². The Bertz CT molecular complexity index is 3880. The van der Waals surface area contributed by atoms with Gasteiger partial charge in [0.05, 0.1) is 6.04 Å². The summed E-state index contributed by atoms with van der Waals surface area (Å²) in [6, 6.07) is -4.72. The molecule has 9 atom stereocenters. The average molecular weight is 1610 g/mol. The van der Waals surface area contributed by atoms with E-state index in [1.807, 2.05) is 38.1 Å². The zero-order valence-corrected chi connectivity index (χ0v) is 69.5. The van der Waals surface area contributed by atoms with Gasteiger partial charge in [-0.15, -0.1) is 0 Å². The van der Waals surface area contributed by atoms with Gasteiger partial charge in [-0.25, -0.2) is 0 Å². The number of amides is 18. The van der Waals surface area contributed by atoms with Gasteiger partial charge in [0, 0.05) is 49.7 Å². The summed E-state index contributed by atoms with van der Waals surface area (Å²) in [6.07, 6.45) is 0.150. The van der Waals surface area contributed by atoms with Crippen molar-refractivity contribution in [2.45, 2.75) is 297 Å². The van der Waals surface area contributed by atoms with Crippen molar-refractivity contribution < 1.29 is 91.1 Å². The number of fused-ring (bicyclic) bond motifs is 1. The first-order valence-corrected chi connectivity index (χ1v) is 37.8. The molecule has 0 bridgehead atoms. The number of nitrogens with two attached hydrogens (primary N) is 3. The number of carbonyl (C=O) groups is 19. The van der Waals surface area contributed by atoms with Gasteiger partial charge in [-0.2, -0.15) is 0 Å². The zero-order valence-electron chi connectivity index (χ0n) is 69.5. The Morgan fingerprint density at radius 3 is 1.06 bits per heavy atom. The van der Waals surface area contributed by atoms with Gasteiger partial charge in [-0.05, 0) is 165 Å². The van der Waals surface area contributed by atoms with E-state index in [2.05, 4.69) is 84.7 Å². The highest BCUT2D eigenvalue weighted by Crippen LogP contribution is 2.21. The molecule has 1 heterocycles. The molecule has 0 aliphatic rings. The van der Waals surface area contributed by atoms with Crippen LogP contribution in [-0.2, 0) is 97.5 Å². The van der Waals surface area contributed by atoms with Crippen molar-refractivity contribution >= 4 is 124 Å². The smallest absolute Gasteiger partial charge is 0.246 e. The monoisotopic (exact) mass is 1610 g/mol. The fraction of sp³-hybridized carbons (Fsp3) is 0.645. The maximum absolute atomic E-state index is 14.2. The molecule has 0 aliphatic carbocycles. The van der Waals surface area contributed by atoms with Crippen LogP contribution in [0.4, 0.5) is 0 Å². The molecule has 2 rings (SSSR count). The lowest BCUT2D eigenvalue weighted by atomic mass is 9.96. The summed E-state index contributed by atoms with van der Waals surface area (Å²) in [6.45, 7) is 29.9. The van der Waals surface area contributed by atoms with Crippen molar-refractivity contribution in [3.05, 3.63) is 36.0 Å². The van der Waals surface area contributed by atoms with Gasteiger partial charge >= 0.3 is 0 Å². The number of rotatable bonds is 47. The molecule has 38 nitrogen and oxygen atoms in total. The molecule has 0 fully saturated rings. The van der Waals surface area contributed by atoms with Crippen molar-refractivity contribution in [1.29, 1.82) is 0 Å². The maximum atomic E-state index is 14.2. The van der Waals surface area contributed by atoms with Crippen molar-refractivity contribution in [2.75, 3.05) is 0 Å². The van der Waals surface area contributed by atoms with Gasteiger partial charge in [0.25, 0.3) is 0 Å². The minimum absolute atomic E-state index is 0.00104. The van der Waals surface area contributed by atoms with Crippen LogP contribution < -0.4 is 97.0 Å². The van der Waals surface area contributed by atoms with E-state index in [-0.39, 0.29) is 56.3 Å². The molecule has 0 saturated heterocycles. The Morgan fingerprint density at radius 2 is 0.675 bits per heavy atom. The third-order valence-corrected chi connectivity index (χ3v) is 18.1. The first kappa shape index (κ1) is 99.0. The second kappa shape index (κ2) is 42.7. The van der Waals surface area contributed by atoms with Crippen LogP contribution >= 0.6 is 0 Å². The van der Waals surface area contributed by atoms with Gasteiger partial charge in [0.1, 0.15) is 87.9 Å². The van der Waals surface area contributed by atoms with E-state index in [9.17, 15) is 91.1 Å². The molecule has 2 aromatic rings. The standard InChI is InChI=1S/C76H123N19O19/c1-38(2)32-45(37-96)84-59(103)48(26-29-54(77)98)86-67(111)73(14,15)93-63(107)51(33-39(3)4)85-60(104)49(27-30-55(78)99)87-66(110)72(12,13)90-58(102)42(8)82-65(109)71(10,11)92-62(106)50(28-31-56(79)100)88-68(112)74(16,17)94-64(108)52(34-40(5)6)89-69(113)75(18,19)95-70(114)76(20,21)91-57(101)41(7)81-61(105)53(83-43(9)97)35-44-36-80-47-25-23-22-24-46(44)47/h22-25,36-42,45,48-53,80H,26-35H2,1-21H3,(H2,77,98)(H2,78,99)(H2,79,100)(H,81,105)(H,82,109)(H,83,97)(H,84,103)(H,85,104)(H,86,111)(H,87,110)(H,88,112)(H,89,113)(H,90,102)(H,91,101)(H,92,106)(H,93,107)(H,94,108)(H,95,114)/t41-,42-,45-,48-,49-,50-,51-,52-,53-/m0/s1. The fourth-order valence-electron chi connectivity index (χ4n) is 11.2. The summed E-state index contributed by atoms with van der Waals surface area (Å²) >= 11 is 0. The van der Waals surface area contributed by atoms with Crippen LogP contribution in [0.15, 0.2) is 30.5 Å². The number of aromatic nitrogens is 1. The van der Waals surface area contributed by atoms with Gasteiger partial charge < -0.3 is 107 Å². The fourth-order valence-corrected chi connectivity index (χ4v) is 11.2.